The molecule has 0 aliphatic carbocycles. The van der Waals surface area contributed by atoms with Gasteiger partial charge in [0.1, 0.15) is 5.78 Å². The summed E-state index contributed by atoms with van der Waals surface area (Å²) in [4.78, 5) is 11.5. The topological polar surface area (TPSA) is 34.9 Å². The van der Waals surface area contributed by atoms with Crippen LogP contribution in [0.25, 0.3) is 10.9 Å². The molecule has 1 aromatic heterocycles. The predicted octanol–water partition coefficient (Wildman–Crippen LogP) is 2.58. The van der Waals surface area contributed by atoms with Crippen LogP contribution in [0.2, 0.25) is 0 Å². The van der Waals surface area contributed by atoms with Crippen molar-refractivity contribution >= 4 is 16.7 Å². The van der Waals surface area contributed by atoms with E-state index in [2.05, 4.69) is 12.0 Å². The third-order valence-corrected chi connectivity index (χ3v) is 2.79. The Morgan fingerprint density at radius 2 is 2.06 bits per heavy atom. The van der Waals surface area contributed by atoms with E-state index in [-0.39, 0.29) is 5.78 Å². The minimum absolute atomic E-state index is 0.242. The Balaban J connectivity index is 2.49. The van der Waals surface area contributed by atoms with Gasteiger partial charge in [-0.25, -0.2) is 0 Å². The van der Waals surface area contributed by atoms with Gasteiger partial charge in [0.25, 0.3) is 0 Å². The molecular weight excluding hydrogens is 200 g/mol. The number of ketones is 1. The van der Waals surface area contributed by atoms with Gasteiger partial charge in [-0.3, -0.25) is 9.48 Å². The first-order valence-corrected chi connectivity index (χ1v) is 5.72. The first-order chi connectivity index (χ1) is 7.76. The van der Waals surface area contributed by atoms with Crippen molar-refractivity contribution in [3.63, 3.8) is 0 Å². The molecule has 1 heterocycles. The number of rotatable bonds is 4. The van der Waals surface area contributed by atoms with Gasteiger partial charge >= 0.3 is 0 Å². The van der Waals surface area contributed by atoms with Crippen LogP contribution in [0.4, 0.5) is 0 Å². The van der Waals surface area contributed by atoms with Gasteiger partial charge in [-0.15, -0.1) is 0 Å². The lowest BCUT2D eigenvalue weighted by atomic mass is 10.1. The zero-order chi connectivity index (χ0) is 11.5. The van der Waals surface area contributed by atoms with Crippen LogP contribution in [0.15, 0.2) is 24.3 Å². The molecule has 0 saturated carbocycles. The molecule has 2 aromatic rings. The van der Waals surface area contributed by atoms with Crippen LogP contribution >= 0.6 is 0 Å². The van der Waals surface area contributed by atoms with Crippen molar-refractivity contribution in [3.8, 4) is 0 Å². The van der Waals surface area contributed by atoms with E-state index in [1.165, 1.54) is 0 Å². The number of carbonyl (C=O) groups excluding carboxylic acids is 1. The Morgan fingerprint density at radius 1 is 1.31 bits per heavy atom. The number of hydrogen-bond acceptors (Lipinski definition) is 2. The third kappa shape index (κ3) is 1.85. The Bertz CT molecular complexity index is 514. The van der Waals surface area contributed by atoms with Crippen LogP contribution in [0.1, 0.15) is 26.0 Å². The summed E-state index contributed by atoms with van der Waals surface area (Å²) >= 11 is 0. The fourth-order valence-corrected chi connectivity index (χ4v) is 1.88. The second-order valence-electron chi connectivity index (χ2n) is 3.85. The van der Waals surface area contributed by atoms with E-state index in [9.17, 15) is 4.79 Å². The number of fused-ring (bicyclic) bond motifs is 1. The van der Waals surface area contributed by atoms with E-state index in [4.69, 9.17) is 0 Å². The predicted molar refractivity (Wildman–Crippen MR) is 64.4 cm³/mol. The second kappa shape index (κ2) is 4.47. The SMILES string of the molecule is CCC(=O)Cc1nn(CC)c2ccccc12. The molecule has 2 rings (SSSR count). The average molecular weight is 216 g/mol. The molecular formula is C13H16N2O. The monoisotopic (exact) mass is 216 g/mol. The molecule has 0 amide bonds. The largest absolute Gasteiger partial charge is 0.299 e. The van der Waals surface area contributed by atoms with Gasteiger partial charge < -0.3 is 0 Å². The normalized spacial score (nSPS) is 10.9. The van der Waals surface area contributed by atoms with Gasteiger partial charge in [0, 0.05) is 18.4 Å². The summed E-state index contributed by atoms with van der Waals surface area (Å²) in [5.41, 5.74) is 2.02. The molecule has 0 spiro atoms. The van der Waals surface area contributed by atoms with Gasteiger partial charge in [-0.2, -0.15) is 5.10 Å². The maximum absolute atomic E-state index is 11.5. The Labute approximate surface area is 95.1 Å². The summed E-state index contributed by atoms with van der Waals surface area (Å²) in [5, 5.41) is 5.59. The molecule has 1 aromatic carbocycles. The van der Waals surface area contributed by atoms with Crippen molar-refractivity contribution in [1.29, 1.82) is 0 Å². The maximum Gasteiger partial charge on any atom is 0.138 e. The second-order valence-corrected chi connectivity index (χ2v) is 3.85. The standard InChI is InChI=1S/C13H16N2O/c1-3-10(16)9-12-11-7-5-6-8-13(11)15(4-2)14-12/h5-8H,3-4,9H2,1-2H3. The van der Waals surface area contributed by atoms with Gasteiger partial charge in [0.15, 0.2) is 0 Å². The smallest absolute Gasteiger partial charge is 0.138 e. The van der Waals surface area contributed by atoms with E-state index in [0.29, 0.717) is 12.8 Å². The minimum Gasteiger partial charge on any atom is -0.299 e. The fraction of sp³-hybridized carbons (Fsp3) is 0.385. The third-order valence-electron chi connectivity index (χ3n) is 2.79. The molecule has 0 N–H and O–H groups in total. The molecule has 84 valence electrons. The zero-order valence-electron chi connectivity index (χ0n) is 9.73. The number of benzene rings is 1. The summed E-state index contributed by atoms with van der Waals surface area (Å²) in [7, 11) is 0. The van der Waals surface area contributed by atoms with Crippen LogP contribution in [-0.4, -0.2) is 15.6 Å². The fourth-order valence-electron chi connectivity index (χ4n) is 1.88. The van der Waals surface area contributed by atoms with Crippen molar-refractivity contribution in [3.05, 3.63) is 30.0 Å². The molecule has 0 aliphatic rings. The minimum atomic E-state index is 0.242. The quantitative estimate of drug-likeness (QED) is 0.787. The summed E-state index contributed by atoms with van der Waals surface area (Å²) in [6.45, 7) is 4.78. The highest BCUT2D eigenvalue weighted by atomic mass is 16.1. The number of carbonyl (C=O) groups is 1. The lowest BCUT2D eigenvalue weighted by molar-refractivity contribution is -0.118. The van der Waals surface area contributed by atoms with Gasteiger partial charge in [0.05, 0.1) is 17.6 Å². The average Bonchev–Trinajstić information content (AvgIpc) is 2.68. The number of aryl methyl sites for hydroxylation is 1. The Hall–Kier alpha value is -1.64. The van der Waals surface area contributed by atoms with Crippen molar-refractivity contribution in [1.82, 2.24) is 9.78 Å². The number of aromatic nitrogens is 2. The van der Waals surface area contributed by atoms with E-state index < -0.39 is 0 Å². The summed E-state index contributed by atoms with van der Waals surface area (Å²) in [6, 6.07) is 8.07. The van der Waals surface area contributed by atoms with Crippen LogP contribution < -0.4 is 0 Å². The first-order valence-electron chi connectivity index (χ1n) is 5.72. The molecule has 0 fully saturated rings. The van der Waals surface area contributed by atoms with Crippen LogP contribution in [-0.2, 0) is 17.8 Å². The van der Waals surface area contributed by atoms with Crippen molar-refractivity contribution < 1.29 is 4.79 Å². The van der Waals surface area contributed by atoms with E-state index in [1.54, 1.807) is 0 Å². The van der Waals surface area contributed by atoms with Gasteiger partial charge in [-0.1, -0.05) is 25.1 Å². The highest BCUT2D eigenvalue weighted by Crippen LogP contribution is 2.19. The first kappa shape index (κ1) is 10.9. The number of para-hydroxylation sites is 1. The molecule has 0 saturated heterocycles. The maximum atomic E-state index is 11.5. The highest BCUT2D eigenvalue weighted by molar-refractivity contribution is 5.88. The van der Waals surface area contributed by atoms with E-state index in [1.807, 2.05) is 35.9 Å². The van der Waals surface area contributed by atoms with Crippen molar-refractivity contribution in [2.75, 3.05) is 0 Å². The van der Waals surface area contributed by atoms with Crippen LogP contribution in [0.5, 0.6) is 0 Å². The highest BCUT2D eigenvalue weighted by Gasteiger charge is 2.11. The Kier molecular flexibility index (Phi) is 3.04. The molecule has 0 atom stereocenters. The lowest BCUT2D eigenvalue weighted by Gasteiger charge is -1.95. The molecule has 3 heteroatoms. The number of nitrogens with zero attached hydrogens (tertiary/aromatic N) is 2. The molecule has 0 radical (unpaired) electrons. The molecule has 3 nitrogen and oxygen atoms in total. The Morgan fingerprint density at radius 3 is 2.75 bits per heavy atom. The summed E-state index contributed by atoms with van der Waals surface area (Å²) < 4.78 is 1.95. The number of hydrogen-bond donors (Lipinski definition) is 0. The molecule has 16 heavy (non-hydrogen) atoms. The van der Waals surface area contributed by atoms with E-state index in [0.717, 1.165) is 23.1 Å². The van der Waals surface area contributed by atoms with Crippen LogP contribution in [0, 0.1) is 0 Å². The number of Topliss-reactive ketones (excluding diaryl/α,β-unsaturated/α-hetero) is 1. The van der Waals surface area contributed by atoms with Gasteiger partial charge in [-0.05, 0) is 13.0 Å². The van der Waals surface area contributed by atoms with Crippen LogP contribution in [0.3, 0.4) is 0 Å². The van der Waals surface area contributed by atoms with Crippen molar-refractivity contribution in [2.24, 2.45) is 0 Å². The van der Waals surface area contributed by atoms with Gasteiger partial charge in [0.2, 0.25) is 0 Å². The van der Waals surface area contributed by atoms with E-state index >= 15 is 0 Å². The lowest BCUT2D eigenvalue weighted by Crippen LogP contribution is -2.03. The summed E-state index contributed by atoms with van der Waals surface area (Å²) in [5.74, 6) is 0.242. The zero-order valence-corrected chi connectivity index (χ0v) is 9.73. The molecule has 0 unspecified atom stereocenters. The summed E-state index contributed by atoms with van der Waals surface area (Å²) in [6.07, 6.45) is 1.03. The van der Waals surface area contributed by atoms with Crippen molar-refractivity contribution in [2.45, 2.75) is 33.2 Å². The molecule has 0 bridgehead atoms. The molecule has 0 aliphatic heterocycles.